The van der Waals surface area contributed by atoms with E-state index in [0.717, 1.165) is 17.9 Å². The second-order valence-electron chi connectivity index (χ2n) is 4.84. The minimum Gasteiger partial charge on any atom is -0.497 e. The zero-order valence-electron chi connectivity index (χ0n) is 10.9. The number of ether oxygens (including phenoxy) is 1. The molecule has 98 valence electrons. The van der Waals surface area contributed by atoms with Gasteiger partial charge in [0, 0.05) is 24.6 Å². The molecular weight excluding hydrogens is 226 g/mol. The van der Waals surface area contributed by atoms with Gasteiger partial charge in [0.2, 0.25) is 0 Å². The molecule has 0 aromatic heterocycles. The monoisotopic (exact) mass is 247 g/mol. The highest BCUT2D eigenvalue weighted by molar-refractivity contribution is 5.96. The van der Waals surface area contributed by atoms with E-state index in [9.17, 15) is 4.79 Å². The van der Waals surface area contributed by atoms with E-state index in [1.807, 2.05) is 24.3 Å². The molecule has 0 saturated heterocycles. The standard InChI is InChI=1S/C15H21NO2/c1-18-14-8-6-12(7-9-14)15(17)10-11-16-13-4-2-3-5-13/h6-9,13,16H,2-5,10-11H2,1H3. The molecule has 0 atom stereocenters. The van der Waals surface area contributed by atoms with Crippen molar-refractivity contribution in [1.82, 2.24) is 5.32 Å². The van der Waals surface area contributed by atoms with Gasteiger partial charge in [-0.05, 0) is 37.1 Å². The van der Waals surface area contributed by atoms with Gasteiger partial charge in [0.05, 0.1) is 7.11 Å². The molecule has 0 spiro atoms. The summed E-state index contributed by atoms with van der Waals surface area (Å²) in [6, 6.07) is 7.96. The van der Waals surface area contributed by atoms with Crippen molar-refractivity contribution in [3.8, 4) is 5.75 Å². The number of ketones is 1. The number of carbonyl (C=O) groups is 1. The maximum Gasteiger partial charge on any atom is 0.164 e. The Bertz CT molecular complexity index is 380. The van der Waals surface area contributed by atoms with Crippen LogP contribution < -0.4 is 10.1 Å². The summed E-state index contributed by atoms with van der Waals surface area (Å²) in [5.41, 5.74) is 0.768. The highest BCUT2D eigenvalue weighted by Crippen LogP contribution is 2.17. The molecule has 1 fully saturated rings. The Balaban J connectivity index is 1.76. The third-order valence-electron chi connectivity index (χ3n) is 3.55. The van der Waals surface area contributed by atoms with Gasteiger partial charge in [-0.1, -0.05) is 12.8 Å². The van der Waals surface area contributed by atoms with Gasteiger partial charge in [0.15, 0.2) is 5.78 Å². The average Bonchev–Trinajstić information content (AvgIpc) is 2.92. The first-order valence-corrected chi connectivity index (χ1v) is 6.70. The van der Waals surface area contributed by atoms with E-state index < -0.39 is 0 Å². The summed E-state index contributed by atoms with van der Waals surface area (Å²) < 4.78 is 5.07. The van der Waals surface area contributed by atoms with Crippen molar-refractivity contribution in [2.45, 2.75) is 38.1 Å². The van der Waals surface area contributed by atoms with Crippen LogP contribution in [0.2, 0.25) is 0 Å². The van der Waals surface area contributed by atoms with Crippen molar-refractivity contribution in [2.75, 3.05) is 13.7 Å². The van der Waals surface area contributed by atoms with Gasteiger partial charge >= 0.3 is 0 Å². The summed E-state index contributed by atoms with van der Waals surface area (Å²) in [6.07, 6.45) is 5.74. The lowest BCUT2D eigenvalue weighted by atomic mass is 10.1. The molecule has 0 radical (unpaired) electrons. The van der Waals surface area contributed by atoms with E-state index in [4.69, 9.17) is 4.74 Å². The molecule has 3 heteroatoms. The molecule has 0 unspecified atom stereocenters. The molecule has 0 bridgehead atoms. The molecule has 1 aliphatic rings. The van der Waals surface area contributed by atoms with Crippen LogP contribution in [0, 0.1) is 0 Å². The maximum absolute atomic E-state index is 11.9. The average molecular weight is 247 g/mol. The smallest absolute Gasteiger partial charge is 0.164 e. The summed E-state index contributed by atoms with van der Waals surface area (Å²) in [4.78, 5) is 11.9. The first-order valence-electron chi connectivity index (χ1n) is 6.70. The zero-order chi connectivity index (χ0) is 12.8. The van der Waals surface area contributed by atoms with Crippen LogP contribution in [0.3, 0.4) is 0 Å². The lowest BCUT2D eigenvalue weighted by Crippen LogP contribution is -2.28. The van der Waals surface area contributed by atoms with Gasteiger partial charge in [-0.25, -0.2) is 0 Å². The van der Waals surface area contributed by atoms with E-state index in [0.29, 0.717) is 12.5 Å². The number of hydrogen-bond acceptors (Lipinski definition) is 3. The molecule has 1 aromatic rings. The summed E-state index contributed by atoms with van der Waals surface area (Å²) in [6.45, 7) is 0.787. The fourth-order valence-corrected chi connectivity index (χ4v) is 2.44. The van der Waals surface area contributed by atoms with Gasteiger partial charge in [-0.15, -0.1) is 0 Å². The molecule has 1 aromatic carbocycles. The summed E-state index contributed by atoms with van der Waals surface area (Å²) in [7, 11) is 1.63. The molecule has 2 rings (SSSR count). The lowest BCUT2D eigenvalue weighted by molar-refractivity contribution is 0.0981. The Hall–Kier alpha value is -1.35. The molecule has 1 saturated carbocycles. The van der Waals surface area contributed by atoms with Crippen molar-refractivity contribution in [3.63, 3.8) is 0 Å². The highest BCUT2D eigenvalue weighted by atomic mass is 16.5. The molecular formula is C15H21NO2. The van der Waals surface area contributed by atoms with Crippen molar-refractivity contribution >= 4 is 5.78 Å². The summed E-state index contributed by atoms with van der Waals surface area (Å²) in [5, 5.41) is 3.46. The fourth-order valence-electron chi connectivity index (χ4n) is 2.44. The van der Waals surface area contributed by atoms with Crippen LogP contribution in [0.15, 0.2) is 24.3 Å². The number of rotatable bonds is 6. The topological polar surface area (TPSA) is 38.3 Å². The van der Waals surface area contributed by atoms with Crippen molar-refractivity contribution < 1.29 is 9.53 Å². The molecule has 1 aliphatic carbocycles. The third kappa shape index (κ3) is 3.57. The Labute approximate surface area is 109 Å². The van der Waals surface area contributed by atoms with E-state index in [1.165, 1.54) is 25.7 Å². The number of carbonyl (C=O) groups excluding carboxylic acids is 1. The van der Waals surface area contributed by atoms with Crippen LogP contribution in [0.4, 0.5) is 0 Å². The lowest BCUT2D eigenvalue weighted by Gasteiger charge is -2.11. The van der Waals surface area contributed by atoms with Gasteiger partial charge in [-0.3, -0.25) is 4.79 Å². The van der Waals surface area contributed by atoms with Crippen molar-refractivity contribution in [1.29, 1.82) is 0 Å². The minimum atomic E-state index is 0.197. The van der Waals surface area contributed by atoms with Crippen LogP contribution in [-0.4, -0.2) is 25.5 Å². The van der Waals surface area contributed by atoms with Gasteiger partial charge in [-0.2, -0.15) is 0 Å². The van der Waals surface area contributed by atoms with Crippen molar-refractivity contribution in [2.24, 2.45) is 0 Å². The number of methoxy groups -OCH3 is 1. The van der Waals surface area contributed by atoms with E-state index in [1.54, 1.807) is 7.11 Å². The van der Waals surface area contributed by atoms with Gasteiger partial charge in [0.1, 0.15) is 5.75 Å². The van der Waals surface area contributed by atoms with Crippen LogP contribution in [0.25, 0.3) is 0 Å². The maximum atomic E-state index is 11.9. The highest BCUT2D eigenvalue weighted by Gasteiger charge is 2.14. The molecule has 3 nitrogen and oxygen atoms in total. The zero-order valence-corrected chi connectivity index (χ0v) is 10.9. The van der Waals surface area contributed by atoms with Crippen molar-refractivity contribution in [3.05, 3.63) is 29.8 Å². The first-order chi connectivity index (χ1) is 8.79. The molecule has 0 aliphatic heterocycles. The Kier molecular flexibility index (Phi) is 4.76. The SMILES string of the molecule is COc1ccc(C(=O)CCNC2CCCC2)cc1. The first kappa shape index (κ1) is 13.1. The number of Topliss-reactive ketones (excluding diaryl/α,β-unsaturated/α-hetero) is 1. The van der Waals surface area contributed by atoms with Gasteiger partial charge in [0.25, 0.3) is 0 Å². The van der Waals surface area contributed by atoms with Crippen LogP contribution in [-0.2, 0) is 0 Å². The minimum absolute atomic E-state index is 0.197. The summed E-state index contributed by atoms with van der Waals surface area (Å²) >= 11 is 0. The normalized spacial score (nSPS) is 15.8. The second-order valence-corrected chi connectivity index (χ2v) is 4.84. The fraction of sp³-hybridized carbons (Fsp3) is 0.533. The van der Waals surface area contributed by atoms with E-state index >= 15 is 0 Å². The van der Waals surface area contributed by atoms with Crippen LogP contribution >= 0.6 is 0 Å². The molecule has 18 heavy (non-hydrogen) atoms. The van der Waals surface area contributed by atoms with Crippen LogP contribution in [0.5, 0.6) is 5.75 Å². The number of nitrogens with one attached hydrogen (secondary N) is 1. The molecule has 1 N–H and O–H groups in total. The predicted octanol–water partition coefficient (Wildman–Crippen LogP) is 2.80. The number of hydrogen-bond donors (Lipinski definition) is 1. The largest absolute Gasteiger partial charge is 0.497 e. The number of benzene rings is 1. The van der Waals surface area contributed by atoms with Gasteiger partial charge < -0.3 is 10.1 Å². The Morgan fingerprint density at radius 2 is 1.94 bits per heavy atom. The van der Waals surface area contributed by atoms with Crippen LogP contribution in [0.1, 0.15) is 42.5 Å². The molecule has 0 amide bonds. The third-order valence-corrected chi connectivity index (χ3v) is 3.55. The second kappa shape index (κ2) is 6.55. The van der Waals surface area contributed by atoms with E-state index in [2.05, 4.69) is 5.32 Å². The Morgan fingerprint density at radius 1 is 1.28 bits per heavy atom. The summed E-state index contributed by atoms with van der Waals surface area (Å²) in [5.74, 6) is 0.985. The quantitative estimate of drug-likeness (QED) is 0.786. The predicted molar refractivity (Wildman–Crippen MR) is 72.2 cm³/mol. The molecule has 0 heterocycles. The van der Waals surface area contributed by atoms with E-state index in [-0.39, 0.29) is 5.78 Å². The Morgan fingerprint density at radius 3 is 2.56 bits per heavy atom.